The van der Waals surface area contributed by atoms with Crippen LogP contribution in [-0.4, -0.2) is 0 Å². The maximum atomic E-state index is 6.91. The van der Waals surface area contributed by atoms with Crippen molar-refractivity contribution >= 4 is 112 Å². The van der Waals surface area contributed by atoms with Crippen LogP contribution in [0.3, 0.4) is 0 Å². The zero-order chi connectivity index (χ0) is 27.7. The van der Waals surface area contributed by atoms with Gasteiger partial charge in [-0.3, -0.25) is 0 Å². The van der Waals surface area contributed by atoms with E-state index in [9.17, 15) is 0 Å². The third kappa shape index (κ3) is 4.45. The fourth-order valence-corrected chi connectivity index (χ4v) is 10.6. The minimum Gasteiger partial charge on any atom is -0.140 e. The van der Waals surface area contributed by atoms with Crippen LogP contribution in [0.15, 0.2) is 72.8 Å². The molecular weight excluding hydrogens is 654 g/mol. The van der Waals surface area contributed by atoms with Gasteiger partial charge < -0.3 is 0 Å². The summed E-state index contributed by atoms with van der Waals surface area (Å²) in [6, 6.07) is 24.7. The van der Waals surface area contributed by atoms with Crippen LogP contribution in [0.5, 0.6) is 0 Å². The van der Waals surface area contributed by atoms with Crippen molar-refractivity contribution in [3.63, 3.8) is 0 Å². The Bertz CT molecular complexity index is 1850. The molecule has 0 saturated carbocycles. The Morgan fingerprint density at radius 1 is 0.425 bits per heavy atom. The highest BCUT2D eigenvalue weighted by atomic mass is 35.5. The first-order chi connectivity index (χ1) is 19.3. The van der Waals surface area contributed by atoms with Crippen molar-refractivity contribution in [2.24, 2.45) is 0 Å². The maximum absolute atomic E-state index is 6.91. The molecule has 4 aromatic heterocycles. The third-order valence-corrected chi connectivity index (χ3v) is 12.8. The number of halogens is 4. The fourth-order valence-electron chi connectivity index (χ4n) is 5.12. The first-order valence-electron chi connectivity index (χ1n) is 12.4. The molecule has 0 aliphatic rings. The fraction of sp³-hybridized carbons (Fsp3) is 0.0625. The first kappa shape index (κ1) is 27.0. The van der Waals surface area contributed by atoms with Crippen LogP contribution >= 0.6 is 91.8 Å². The monoisotopic (exact) mass is 670 g/mol. The molecule has 0 atom stereocenters. The molecule has 0 fully saturated rings. The number of hydrogen-bond acceptors (Lipinski definition) is 4. The lowest BCUT2D eigenvalue weighted by atomic mass is 9.93. The molecule has 0 radical (unpaired) electrons. The van der Waals surface area contributed by atoms with Crippen LogP contribution < -0.4 is 0 Å². The van der Waals surface area contributed by atoms with E-state index in [1.807, 2.05) is 36.4 Å². The van der Waals surface area contributed by atoms with Crippen molar-refractivity contribution < 1.29 is 0 Å². The molecule has 0 nitrogen and oxygen atoms in total. The normalized spacial score (nSPS) is 11.8. The Kier molecular flexibility index (Phi) is 7.05. The summed E-state index contributed by atoms with van der Waals surface area (Å²) in [5.41, 5.74) is 3.79. The van der Waals surface area contributed by atoms with Crippen LogP contribution in [0.25, 0.3) is 61.9 Å². The smallest absolute Gasteiger partial charge is 0.0500 e. The van der Waals surface area contributed by atoms with E-state index in [1.54, 1.807) is 45.3 Å². The van der Waals surface area contributed by atoms with Gasteiger partial charge in [0.05, 0.1) is 0 Å². The Morgan fingerprint density at radius 3 is 1.12 bits per heavy atom. The predicted molar refractivity (Wildman–Crippen MR) is 184 cm³/mol. The number of rotatable bonds is 4. The number of thiophene rings is 4. The highest BCUT2D eigenvalue weighted by Crippen LogP contribution is 2.56. The van der Waals surface area contributed by atoms with E-state index < -0.39 is 0 Å². The van der Waals surface area contributed by atoms with Crippen LogP contribution in [0.2, 0.25) is 20.1 Å². The zero-order valence-electron chi connectivity index (χ0n) is 21.1. The highest BCUT2D eigenvalue weighted by molar-refractivity contribution is 7.28. The molecule has 0 spiro atoms. The Balaban J connectivity index is 1.70. The topological polar surface area (TPSA) is 0 Å². The molecule has 0 saturated heterocycles. The van der Waals surface area contributed by atoms with Gasteiger partial charge in [0.25, 0.3) is 0 Å². The van der Waals surface area contributed by atoms with Crippen molar-refractivity contribution in [3.8, 4) is 41.8 Å². The van der Waals surface area contributed by atoms with Crippen molar-refractivity contribution in [2.75, 3.05) is 0 Å². The molecule has 0 aliphatic heterocycles. The number of aryl methyl sites for hydroxylation is 2. The minimum atomic E-state index is 0.625. The van der Waals surface area contributed by atoms with Crippen molar-refractivity contribution in [2.45, 2.75) is 13.8 Å². The van der Waals surface area contributed by atoms with Crippen molar-refractivity contribution in [1.29, 1.82) is 0 Å². The van der Waals surface area contributed by atoms with Gasteiger partial charge in [-0.1, -0.05) is 58.5 Å². The maximum Gasteiger partial charge on any atom is 0.0500 e. The number of benzene rings is 3. The Morgan fingerprint density at radius 2 is 0.800 bits per heavy atom. The Labute approximate surface area is 268 Å². The van der Waals surface area contributed by atoms with Gasteiger partial charge in [-0.15, -0.1) is 45.3 Å². The molecule has 0 unspecified atom stereocenters. The molecule has 7 aromatic rings. The summed E-state index contributed by atoms with van der Waals surface area (Å²) in [5.74, 6) is 0. The molecule has 7 rings (SSSR count). The van der Waals surface area contributed by atoms with Crippen LogP contribution in [-0.2, 0) is 0 Å². The predicted octanol–water partition coefficient (Wildman–Crippen LogP) is 14.1. The van der Waals surface area contributed by atoms with Gasteiger partial charge in [0.1, 0.15) is 0 Å². The average molecular weight is 673 g/mol. The van der Waals surface area contributed by atoms with E-state index in [4.69, 9.17) is 46.4 Å². The summed E-state index contributed by atoms with van der Waals surface area (Å²) in [5, 5.41) is 4.69. The molecule has 198 valence electrons. The van der Waals surface area contributed by atoms with Crippen LogP contribution in [0.1, 0.15) is 9.75 Å². The summed E-state index contributed by atoms with van der Waals surface area (Å²) in [7, 11) is 0. The largest absolute Gasteiger partial charge is 0.140 e. The SMILES string of the molecule is Cc1ccc(-c2cc3c(-c4c(Cl)cccc4Cl)c4sc(-c5ccc(C)s5)cc4c(-c4c(Cl)cccc4Cl)c3s2)s1. The van der Waals surface area contributed by atoms with Crippen LogP contribution in [0, 0.1) is 13.8 Å². The minimum absolute atomic E-state index is 0.625. The second-order valence-corrected chi connectivity index (χ2v) is 15.8. The molecule has 0 bridgehead atoms. The molecule has 0 N–H and O–H groups in total. The number of fused-ring (bicyclic) bond motifs is 2. The molecule has 40 heavy (non-hydrogen) atoms. The molecule has 0 aliphatic carbocycles. The standard InChI is InChI=1S/C32H18Cl4S4/c1-15-9-11-23(37-15)25-13-17-27(29-19(33)5-3-6-20(29)34)32-18(14-26(40-32)24-12-10-16(2)38-24)28(31(17)39-25)30-21(35)7-4-8-22(30)36/h3-14H,1-2H3. The average Bonchev–Trinajstić information content (AvgIpc) is 3.70. The van der Waals surface area contributed by atoms with Crippen molar-refractivity contribution in [1.82, 2.24) is 0 Å². The van der Waals surface area contributed by atoms with Gasteiger partial charge in [0, 0.05) is 91.8 Å². The van der Waals surface area contributed by atoms with E-state index in [-0.39, 0.29) is 0 Å². The lowest BCUT2D eigenvalue weighted by Crippen LogP contribution is -1.88. The van der Waals surface area contributed by atoms with E-state index >= 15 is 0 Å². The number of hydrogen-bond donors (Lipinski definition) is 0. The molecule has 3 aromatic carbocycles. The molecule has 4 heterocycles. The van der Waals surface area contributed by atoms with E-state index in [0.717, 1.165) is 42.4 Å². The lowest BCUT2D eigenvalue weighted by Gasteiger charge is -2.15. The van der Waals surface area contributed by atoms with Gasteiger partial charge in [-0.25, -0.2) is 0 Å². The van der Waals surface area contributed by atoms with E-state index in [1.165, 1.54) is 29.3 Å². The van der Waals surface area contributed by atoms with Gasteiger partial charge in [-0.05, 0) is 74.5 Å². The van der Waals surface area contributed by atoms with Gasteiger partial charge in [-0.2, -0.15) is 0 Å². The summed E-state index contributed by atoms with van der Waals surface area (Å²) in [6.07, 6.45) is 0. The summed E-state index contributed by atoms with van der Waals surface area (Å²) >= 11 is 34.8. The van der Waals surface area contributed by atoms with Crippen molar-refractivity contribution in [3.05, 3.63) is 103 Å². The summed E-state index contributed by atoms with van der Waals surface area (Å²) in [6.45, 7) is 4.27. The lowest BCUT2D eigenvalue weighted by molar-refractivity contribution is 1.64. The zero-order valence-corrected chi connectivity index (χ0v) is 27.4. The molecule has 8 heteroatoms. The van der Waals surface area contributed by atoms with Gasteiger partial charge in [0.2, 0.25) is 0 Å². The second kappa shape index (κ2) is 10.4. The van der Waals surface area contributed by atoms with E-state index in [2.05, 4.69) is 50.2 Å². The summed E-state index contributed by atoms with van der Waals surface area (Å²) < 4.78 is 2.22. The Hall–Kier alpha value is -1.86. The van der Waals surface area contributed by atoms with Gasteiger partial charge in [0.15, 0.2) is 0 Å². The van der Waals surface area contributed by atoms with Gasteiger partial charge >= 0.3 is 0 Å². The molecule has 0 amide bonds. The molecular formula is C32H18Cl4S4. The van der Waals surface area contributed by atoms with Crippen LogP contribution in [0.4, 0.5) is 0 Å². The van der Waals surface area contributed by atoms with E-state index in [0.29, 0.717) is 20.1 Å². The first-order valence-corrected chi connectivity index (χ1v) is 17.1. The second-order valence-electron chi connectivity index (χ2n) is 9.47. The third-order valence-electron chi connectivity index (χ3n) is 6.85. The highest BCUT2D eigenvalue weighted by Gasteiger charge is 2.26. The quantitative estimate of drug-likeness (QED) is 0.175. The summed E-state index contributed by atoms with van der Waals surface area (Å²) in [4.78, 5) is 7.37.